The number of amides is 1. The molecule has 0 aromatic rings. The van der Waals surface area contributed by atoms with E-state index in [0.29, 0.717) is 12.6 Å². The lowest BCUT2D eigenvalue weighted by Crippen LogP contribution is -2.49. The maximum Gasteiger partial charge on any atom is 0.224 e. The highest BCUT2D eigenvalue weighted by Gasteiger charge is 2.25. The topological polar surface area (TPSA) is 53.6 Å². The van der Waals surface area contributed by atoms with Crippen molar-refractivity contribution in [2.24, 2.45) is 5.92 Å². The van der Waals surface area contributed by atoms with Gasteiger partial charge in [-0.25, -0.2) is 0 Å². The van der Waals surface area contributed by atoms with Gasteiger partial charge in [-0.1, -0.05) is 6.92 Å². The average molecular weight is 269 g/mol. The molecule has 2 fully saturated rings. The fraction of sp³-hybridized carbons (Fsp3) is 0.929. The number of likely N-dealkylation sites (N-methyl/N-ethyl adjacent to an activating group) is 1. The highest BCUT2D eigenvalue weighted by molar-refractivity contribution is 5.79. The third kappa shape index (κ3) is 4.44. The van der Waals surface area contributed by atoms with Crippen LogP contribution in [0.1, 0.15) is 26.7 Å². The van der Waals surface area contributed by atoms with E-state index < -0.39 is 0 Å². The minimum atomic E-state index is 0.127. The highest BCUT2D eigenvalue weighted by Crippen LogP contribution is 2.14. The van der Waals surface area contributed by atoms with Crippen LogP contribution in [0.4, 0.5) is 0 Å². The number of ether oxygens (including phenoxy) is 1. The molecule has 0 aromatic heterocycles. The number of morpholine rings is 1. The average Bonchev–Trinajstić information content (AvgIpc) is 2.46. The van der Waals surface area contributed by atoms with Crippen LogP contribution in [0.3, 0.4) is 0 Å². The monoisotopic (exact) mass is 269 g/mol. The standard InChI is InChI=1S/C14H27N3O2/c1-3-17-6-7-19-13(10-17)9-16-14(18)12-5-4-11(2)15-8-12/h11-13,15H,3-10H2,1-2H3,(H,16,18). The van der Waals surface area contributed by atoms with Gasteiger partial charge >= 0.3 is 0 Å². The van der Waals surface area contributed by atoms with Gasteiger partial charge in [0.15, 0.2) is 0 Å². The molecule has 5 heteroatoms. The lowest BCUT2D eigenvalue weighted by molar-refractivity contribution is -0.126. The van der Waals surface area contributed by atoms with Crippen LogP contribution >= 0.6 is 0 Å². The minimum absolute atomic E-state index is 0.127. The Morgan fingerprint density at radius 1 is 1.47 bits per heavy atom. The number of nitrogens with zero attached hydrogens (tertiary/aromatic N) is 1. The Morgan fingerprint density at radius 2 is 2.32 bits per heavy atom. The Labute approximate surface area is 116 Å². The Hall–Kier alpha value is -0.650. The van der Waals surface area contributed by atoms with E-state index in [1.165, 1.54) is 0 Å². The molecular formula is C14H27N3O2. The second-order valence-electron chi connectivity index (χ2n) is 5.71. The second kappa shape index (κ2) is 7.22. The molecule has 2 rings (SSSR count). The summed E-state index contributed by atoms with van der Waals surface area (Å²) in [5, 5.41) is 6.42. The fourth-order valence-corrected chi connectivity index (χ4v) is 2.77. The van der Waals surface area contributed by atoms with Gasteiger partial charge in [0.25, 0.3) is 0 Å². The van der Waals surface area contributed by atoms with Gasteiger partial charge in [0.1, 0.15) is 0 Å². The lowest BCUT2D eigenvalue weighted by atomic mass is 9.95. The van der Waals surface area contributed by atoms with Gasteiger partial charge in [0.2, 0.25) is 5.91 Å². The molecule has 2 aliphatic heterocycles. The van der Waals surface area contributed by atoms with Crippen LogP contribution in [0.15, 0.2) is 0 Å². The zero-order chi connectivity index (χ0) is 13.7. The lowest BCUT2D eigenvalue weighted by Gasteiger charge is -2.33. The number of hydrogen-bond donors (Lipinski definition) is 2. The van der Waals surface area contributed by atoms with Crippen LogP contribution in [0.5, 0.6) is 0 Å². The van der Waals surface area contributed by atoms with Crippen molar-refractivity contribution in [3.05, 3.63) is 0 Å². The first kappa shape index (κ1) is 14.8. The molecule has 0 radical (unpaired) electrons. The largest absolute Gasteiger partial charge is 0.374 e. The first-order valence-corrected chi connectivity index (χ1v) is 7.54. The van der Waals surface area contributed by atoms with Crippen molar-refractivity contribution >= 4 is 5.91 Å². The van der Waals surface area contributed by atoms with Gasteiger partial charge in [-0.05, 0) is 26.3 Å². The quantitative estimate of drug-likeness (QED) is 0.766. The molecule has 2 heterocycles. The second-order valence-corrected chi connectivity index (χ2v) is 5.71. The molecule has 0 aromatic carbocycles. The van der Waals surface area contributed by atoms with Gasteiger partial charge in [-0.2, -0.15) is 0 Å². The van der Waals surface area contributed by atoms with E-state index in [-0.39, 0.29) is 17.9 Å². The summed E-state index contributed by atoms with van der Waals surface area (Å²) >= 11 is 0. The zero-order valence-corrected chi connectivity index (χ0v) is 12.2. The fourth-order valence-electron chi connectivity index (χ4n) is 2.77. The number of hydrogen-bond acceptors (Lipinski definition) is 4. The third-order valence-electron chi connectivity index (χ3n) is 4.21. The molecule has 3 atom stereocenters. The summed E-state index contributed by atoms with van der Waals surface area (Å²) in [4.78, 5) is 14.4. The summed E-state index contributed by atoms with van der Waals surface area (Å²) in [6, 6.07) is 0.545. The maximum absolute atomic E-state index is 12.1. The van der Waals surface area contributed by atoms with Crippen molar-refractivity contribution < 1.29 is 9.53 Å². The summed E-state index contributed by atoms with van der Waals surface area (Å²) in [5.41, 5.74) is 0. The van der Waals surface area contributed by atoms with E-state index in [1.807, 2.05) is 0 Å². The summed E-state index contributed by atoms with van der Waals surface area (Å²) < 4.78 is 5.69. The first-order chi connectivity index (χ1) is 9.19. The van der Waals surface area contributed by atoms with Crippen molar-refractivity contribution in [1.82, 2.24) is 15.5 Å². The molecule has 2 aliphatic rings. The van der Waals surface area contributed by atoms with Gasteiger partial charge in [-0.3, -0.25) is 9.69 Å². The SMILES string of the molecule is CCN1CCOC(CNC(=O)C2CCC(C)NC2)C1. The van der Waals surface area contributed by atoms with Crippen molar-refractivity contribution in [3.8, 4) is 0 Å². The Morgan fingerprint density at radius 3 is 3.00 bits per heavy atom. The van der Waals surface area contributed by atoms with E-state index in [1.54, 1.807) is 0 Å². The van der Waals surface area contributed by atoms with Gasteiger partial charge in [0, 0.05) is 32.2 Å². The molecule has 0 spiro atoms. The van der Waals surface area contributed by atoms with E-state index in [9.17, 15) is 4.79 Å². The zero-order valence-electron chi connectivity index (χ0n) is 12.2. The number of piperidine rings is 1. The molecule has 3 unspecified atom stereocenters. The van der Waals surface area contributed by atoms with E-state index >= 15 is 0 Å². The first-order valence-electron chi connectivity index (χ1n) is 7.54. The molecular weight excluding hydrogens is 242 g/mol. The smallest absolute Gasteiger partial charge is 0.224 e. The number of nitrogens with one attached hydrogen (secondary N) is 2. The summed E-state index contributed by atoms with van der Waals surface area (Å²) in [7, 11) is 0. The van der Waals surface area contributed by atoms with Gasteiger partial charge in [0.05, 0.1) is 18.6 Å². The van der Waals surface area contributed by atoms with Crippen LogP contribution in [-0.2, 0) is 9.53 Å². The Balaban J connectivity index is 1.68. The van der Waals surface area contributed by atoms with Gasteiger partial charge in [-0.15, -0.1) is 0 Å². The number of carbonyl (C=O) groups excluding carboxylic acids is 1. The van der Waals surface area contributed by atoms with Crippen molar-refractivity contribution in [3.63, 3.8) is 0 Å². The van der Waals surface area contributed by atoms with Crippen LogP contribution in [-0.4, -0.2) is 62.3 Å². The molecule has 0 aliphatic carbocycles. The van der Waals surface area contributed by atoms with Gasteiger partial charge < -0.3 is 15.4 Å². The predicted octanol–water partition coefficient (Wildman–Crippen LogP) is 0.211. The van der Waals surface area contributed by atoms with Crippen LogP contribution in [0, 0.1) is 5.92 Å². The van der Waals surface area contributed by atoms with E-state index in [2.05, 4.69) is 29.4 Å². The highest BCUT2D eigenvalue weighted by atomic mass is 16.5. The summed E-state index contributed by atoms with van der Waals surface area (Å²) in [6.45, 7) is 9.54. The van der Waals surface area contributed by atoms with Crippen molar-refractivity contribution in [1.29, 1.82) is 0 Å². The summed E-state index contributed by atoms with van der Waals surface area (Å²) in [5.74, 6) is 0.304. The van der Waals surface area contributed by atoms with Crippen LogP contribution in [0.25, 0.3) is 0 Å². The molecule has 5 nitrogen and oxygen atoms in total. The van der Waals surface area contributed by atoms with E-state index in [0.717, 1.165) is 45.6 Å². The van der Waals surface area contributed by atoms with Crippen LogP contribution < -0.4 is 10.6 Å². The molecule has 110 valence electrons. The van der Waals surface area contributed by atoms with Crippen molar-refractivity contribution in [2.45, 2.75) is 38.8 Å². The van der Waals surface area contributed by atoms with Crippen LogP contribution in [0.2, 0.25) is 0 Å². The van der Waals surface area contributed by atoms with E-state index in [4.69, 9.17) is 4.74 Å². The molecule has 19 heavy (non-hydrogen) atoms. The molecule has 0 bridgehead atoms. The minimum Gasteiger partial charge on any atom is -0.374 e. The molecule has 0 saturated carbocycles. The van der Waals surface area contributed by atoms with Crippen molar-refractivity contribution in [2.75, 3.05) is 39.3 Å². The molecule has 2 N–H and O–H groups in total. The molecule has 1 amide bonds. The Kier molecular flexibility index (Phi) is 5.60. The molecule has 2 saturated heterocycles. The predicted molar refractivity (Wildman–Crippen MR) is 75.1 cm³/mol. The normalized spacial score (nSPS) is 33.1. The number of rotatable bonds is 4. The maximum atomic E-state index is 12.1. The summed E-state index contributed by atoms with van der Waals surface area (Å²) in [6.07, 6.45) is 2.22. The third-order valence-corrected chi connectivity index (χ3v) is 4.21. The number of carbonyl (C=O) groups is 1. The Bertz CT molecular complexity index is 290.